The maximum atomic E-state index is 9.75. The van der Waals surface area contributed by atoms with Crippen LogP contribution >= 0.6 is 0 Å². The Morgan fingerprint density at radius 1 is 1.15 bits per heavy atom. The first-order valence-electron chi connectivity index (χ1n) is 6.76. The van der Waals surface area contributed by atoms with E-state index in [0.717, 1.165) is 5.56 Å². The van der Waals surface area contributed by atoms with E-state index in [2.05, 4.69) is 43.4 Å². The number of nitrogens with one attached hydrogen (secondary N) is 1. The molecule has 2 aromatic rings. The molecule has 0 radical (unpaired) electrons. The van der Waals surface area contributed by atoms with Gasteiger partial charge in [0.1, 0.15) is 0 Å². The van der Waals surface area contributed by atoms with Gasteiger partial charge in [0, 0.05) is 12.6 Å². The van der Waals surface area contributed by atoms with Gasteiger partial charge in [0.25, 0.3) is 0 Å². The molecule has 0 aliphatic carbocycles. The summed E-state index contributed by atoms with van der Waals surface area (Å²) in [6.07, 6.45) is 0. The Morgan fingerprint density at radius 2 is 1.85 bits per heavy atom. The topological polar surface area (TPSA) is 41.5 Å². The Morgan fingerprint density at radius 3 is 2.45 bits per heavy atom. The number of methoxy groups -OCH3 is 1. The predicted molar refractivity (Wildman–Crippen MR) is 81.1 cm³/mol. The smallest absolute Gasteiger partial charge is 0.160 e. The van der Waals surface area contributed by atoms with Gasteiger partial charge in [0.2, 0.25) is 0 Å². The van der Waals surface area contributed by atoms with E-state index in [-0.39, 0.29) is 11.8 Å². The van der Waals surface area contributed by atoms with Gasteiger partial charge in [-0.3, -0.25) is 0 Å². The number of ether oxygens (including phenoxy) is 1. The number of rotatable bonds is 5. The molecule has 0 fully saturated rings. The predicted octanol–water partition coefficient (Wildman–Crippen LogP) is 3.56. The Bertz CT molecular complexity index is 564. The summed E-state index contributed by atoms with van der Waals surface area (Å²) in [6.45, 7) is 4.92. The number of benzene rings is 2. The highest BCUT2D eigenvalue weighted by molar-refractivity contribution is 5.41. The van der Waals surface area contributed by atoms with Crippen LogP contribution in [0.5, 0.6) is 11.5 Å². The molecule has 0 aliphatic rings. The third-order valence-electron chi connectivity index (χ3n) is 3.43. The maximum Gasteiger partial charge on any atom is 0.160 e. The van der Waals surface area contributed by atoms with Crippen LogP contribution in [0.3, 0.4) is 0 Å². The molecule has 0 bridgehead atoms. The van der Waals surface area contributed by atoms with Crippen molar-refractivity contribution in [3.63, 3.8) is 0 Å². The van der Waals surface area contributed by atoms with E-state index < -0.39 is 0 Å². The molecule has 2 rings (SSSR count). The standard InChI is InChI=1S/C17H21NO2/c1-12-4-7-15(8-5-12)13(2)18-11-14-6-9-17(20-3)16(19)10-14/h4-10,13,18-19H,11H2,1-3H3. The number of hydrogen-bond acceptors (Lipinski definition) is 3. The molecule has 20 heavy (non-hydrogen) atoms. The van der Waals surface area contributed by atoms with Crippen molar-refractivity contribution in [1.82, 2.24) is 5.32 Å². The van der Waals surface area contributed by atoms with Gasteiger partial charge in [0.05, 0.1) is 7.11 Å². The molecule has 3 nitrogen and oxygen atoms in total. The van der Waals surface area contributed by atoms with E-state index in [1.165, 1.54) is 11.1 Å². The highest BCUT2D eigenvalue weighted by Gasteiger charge is 2.06. The van der Waals surface area contributed by atoms with Crippen LogP contribution in [-0.2, 0) is 6.54 Å². The summed E-state index contributed by atoms with van der Waals surface area (Å²) in [7, 11) is 1.55. The monoisotopic (exact) mass is 271 g/mol. The summed E-state index contributed by atoms with van der Waals surface area (Å²) >= 11 is 0. The summed E-state index contributed by atoms with van der Waals surface area (Å²) in [5.74, 6) is 0.676. The molecular formula is C17H21NO2. The zero-order valence-electron chi connectivity index (χ0n) is 12.2. The zero-order valence-corrected chi connectivity index (χ0v) is 12.2. The number of phenols is 1. The molecule has 0 aliphatic heterocycles. The molecule has 0 heterocycles. The first kappa shape index (κ1) is 14.4. The van der Waals surface area contributed by atoms with Crippen molar-refractivity contribution >= 4 is 0 Å². The highest BCUT2D eigenvalue weighted by atomic mass is 16.5. The van der Waals surface area contributed by atoms with Crippen LogP contribution in [0.4, 0.5) is 0 Å². The third-order valence-corrected chi connectivity index (χ3v) is 3.43. The van der Waals surface area contributed by atoms with Gasteiger partial charge in [-0.25, -0.2) is 0 Å². The summed E-state index contributed by atoms with van der Waals surface area (Å²) in [6, 6.07) is 14.2. The van der Waals surface area contributed by atoms with Gasteiger partial charge in [0.15, 0.2) is 11.5 Å². The summed E-state index contributed by atoms with van der Waals surface area (Å²) < 4.78 is 5.04. The lowest BCUT2D eigenvalue weighted by Crippen LogP contribution is -2.18. The Balaban J connectivity index is 1.97. The van der Waals surface area contributed by atoms with Gasteiger partial charge < -0.3 is 15.2 Å². The van der Waals surface area contributed by atoms with E-state index in [0.29, 0.717) is 12.3 Å². The largest absolute Gasteiger partial charge is 0.504 e. The molecule has 0 amide bonds. The fourth-order valence-electron chi connectivity index (χ4n) is 2.09. The quantitative estimate of drug-likeness (QED) is 0.873. The number of phenolic OH excluding ortho intramolecular Hbond substituents is 1. The summed E-state index contributed by atoms with van der Waals surface area (Å²) in [5.41, 5.74) is 3.55. The molecule has 1 unspecified atom stereocenters. The second kappa shape index (κ2) is 6.44. The van der Waals surface area contributed by atoms with E-state index in [9.17, 15) is 5.11 Å². The average Bonchev–Trinajstić information content (AvgIpc) is 2.45. The van der Waals surface area contributed by atoms with Gasteiger partial charge in [-0.2, -0.15) is 0 Å². The molecule has 1 atom stereocenters. The Hall–Kier alpha value is -2.00. The molecule has 3 heteroatoms. The second-order valence-corrected chi connectivity index (χ2v) is 5.02. The van der Waals surface area contributed by atoms with E-state index in [1.807, 2.05) is 6.07 Å². The SMILES string of the molecule is COc1ccc(CNC(C)c2ccc(C)cc2)cc1O. The van der Waals surface area contributed by atoms with Crippen molar-refractivity contribution in [1.29, 1.82) is 0 Å². The first-order chi connectivity index (χ1) is 9.60. The molecule has 2 N–H and O–H groups in total. The molecular weight excluding hydrogens is 250 g/mol. The lowest BCUT2D eigenvalue weighted by Gasteiger charge is -2.15. The molecule has 0 aromatic heterocycles. The Labute approximate surface area is 120 Å². The fourth-order valence-corrected chi connectivity index (χ4v) is 2.09. The van der Waals surface area contributed by atoms with Crippen molar-refractivity contribution in [3.8, 4) is 11.5 Å². The Kier molecular flexibility index (Phi) is 4.64. The third kappa shape index (κ3) is 3.52. The van der Waals surface area contributed by atoms with Crippen molar-refractivity contribution < 1.29 is 9.84 Å². The summed E-state index contributed by atoms with van der Waals surface area (Å²) in [4.78, 5) is 0. The highest BCUT2D eigenvalue weighted by Crippen LogP contribution is 2.26. The van der Waals surface area contributed by atoms with Crippen molar-refractivity contribution in [2.24, 2.45) is 0 Å². The zero-order chi connectivity index (χ0) is 14.5. The lowest BCUT2D eigenvalue weighted by molar-refractivity contribution is 0.373. The van der Waals surface area contributed by atoms with Crippen molar-refractivity contribution in [3.05, 3.63) is 59.2 Å². The van der Waals surface area contributed by atoms with E-state index in [1.54, 1.807) is 19.2 Å². The van der Waals surface area contributed by atoms with Crippen molar-refractivity contribution in [2.75, 3.05) is 7.11 Å². The van der Waals surface area contributed by atoms with E-state index in [4.69, 9.17) is 4.74 Å². The van der Waals surface area contributed by atoms with Crippen molar-refractivity contribution in [2.45, 2.75) is 26.4 Å². The van der Waals surface area contributed by atoms with Gasteiger partial charge in [-0.1, -0.05) is 35.9 Å². The minimum Gasteiger partial charge on any atom is -0.504 e. The van der Waals surface area contributed by atoms with Gasteiger partial charge in [-0.05, 0) is 37.1 Å². The average molecular weight is 271 g/mol. The maximum absolute atomic E-state index is 9.75. The van der Waals surface area contributed by atoms with Crippen LogP contribution in [0.15, 0.2) is 42.5 Å². The molecule has 0 saturated carbocycles. The van der Waals surface area contributed by atoms with Crippen LogP contribution in [0.25, 0.3) is 0 Å². The molecule has 0 saturated heterocycles. The lowest BCUT2D eigenvalue weighted by atomic mass is 10.1. The second-order valence-electron chi connectivity index (χ2n) is 5.02. The van der Waals surface area contributed by atoms with Crippen LogP contribution in [0.1, 0.15) is 29.7 Å². The van der Waals surface area contributed by atoms with Crippen LogP contribution in [0.2, 0.25) is 0 Å². The van der Waals surface area contributed by atoms with Gasteiger partial charge >= 0.3 is 0 Å². The normalized spacial score (nSPS) is 12.2. The fraction of sp³-hybridized carbons (Fsp3) is 0.294. The molecule has 106 valence electrons. The summed E-state index contributed by atoms with van der Waals surface area (Å²) in [5, 5.41) is 13.2. The number of hydrogen-bond donors (Lipinski definition) is 2. The number of aromatic hydroxyl groups is 1. The minimum atomic E-state index is 0.176. The molecule has 0 spiro atoms. The molecule has 2 aromatic carbocycles. The first-order valence-corrected chi connectivity index (χ1v) is 6.76. The van der Waals surface area contributed by atoms with Crippen LogP contribution in [-0.4, -0.2) is 12.2 Å². The minimum absolute atomic E-state index is 0.176. The van der Waals surface area contributed by atoms with Crippen LogP contribution < -0.4 is 10.1 Å². The number of aryl methyl sites for hydroxylation is 1. The van der Waals surface area contributed by atoms with Crippen LogP contribution in [0, 0.1) is 6.92 Å². The van der Waals surface area contributed by atoms with Gasteiger partial charge in [-0.15, -0.1) is 0 Å². The van der Waals surface area contributed by atoms with E-state index >= 15 is 0 Å².